The van der Waals surface area contributed by atoms with Gasteiger partial charge in [0.2, 0.25) is 0 Å². The minimum atomic E-state index is -0.771. The third-order valence-corrected chi connectivity index (χ3v) is 3.80. The minimum absolute atomic E-state index is 0.0872. The minimum Gasteiger partial charge on any atom is -0.390 e. The van der Waals surface area contributed by atoms with Gasteiger partial charge < -0.3 is 14.9 Å². The molecule has 2 rings (SSSR count). The molecule has 2 N–H and O–H groups in total. The third kappa shape index (κ3) is 2.77. The summed E-state index contributed by atoms with van der Waals surface area (Å²) in [5.74, 6) is 0. The Kier molecular flexibility index (Phi) is 3.86. The SMILES string of the molecule is CC1OC(Sc2ccccc2)CC(O)C1O. The van der Waals surface area contributed by atoms with Gasteiger partial charge in [0.1, 0.15) is 11.5 Å². The first-order valence-corrected chi connectivity index (χ1v) is 6.28. The van der Waals surface area contributed by atoms with Gasteiger partial charge in [-0.3, -0.25) is 0 Å². The van der Waals surface area contributed by atoms with Crippen molar-refractivity contribution in [2.75, 3.05) is 0 Å². The average molecular weight is 240 g/mol. The van der Waals surface area contributed by atoms with Gasteiger partial charge in [0, 0.05) is 11.3 Å². The van der Waals surface area contributed by atoms with Gasteiger partial charge in [-0.05, 0) is 19.1 Å². The molecule has 4 heteroatoms. The Morgan fingerprint density at radius 1 is 1.25 bits per heavy atom. The second-order valence-corrected chi connectivity index (χ2v) is 5.23. The highest BCUT2D eigenvalue weighted by atomic mass is 32.2. The first kappa shape index (κ1) is 11.9. The molecule has 0 saturated carbocycles. The van der Waals surface area contributed by atoms with Crippen LogP contribution in [-0.4, -0.2) is 34.0 Å². The van der Waals surface area contributed by atoms with Crippen molar-refractivity contribution in [2.45, 2.75) is 42.0 Å². The predicted molar refractivity (Wildman–Crippen MR) is 63.3 cm³/mol. The Bertz CT molecular complexity index is 318. The Balaban J connectivity index is 1.97. The Morgan fingerprint density at radius 2 is 1.94 bits per heavy atom. The average Bonchev–Trinajstić information content (AvgIpc) is 2.27. The van der Waals surface area contributed by atoms with Crippen LogP contribution >= 0.6 is 11.8 Å². The lowest BCUT2D eigenvalue weighted by Gasteiger charge is -2.35. The molecule has 1 aromatic carbocycles. The maximum atomic E-state index is 9.65. The first-order chi connectivity index (χ1) is 7.66. The van der Waals surface area contributed by atoms with Crippen LogP contribution in [0.15, 0.2) is 35.2 Å². The smallest absolute Gasteiger partial charge is 0.110 e. The molecular weight excluding hydrogens is 224 g/mol. The van der Waals surface area contributed by atoms with Crippen molar-refractivity contribution < 1.29 is 14.9 Å². The zero-order chi connectivity index (χ0) is 11.5. The maximum absolute atomic E-state index is 9.65. The zero-order valence-corrected chi connectivity index (χ0v) is 9.93. The van der Waals surface area contributed by atoms with E-state index in [1.165, 1.54) is 0 Å². The highest BCUT2D eigenvalue weighted by Crippen LogP contribution is 2.32. The molecule has 0 amide bonds. The van der Waals surface area contributed by atoms with Gasteiger partial charge in [-0.1, -0.05) is 30.0 Å². The summed E-state index contributed by atoms with van der Waals surface area (Å²) in [6.07, 6.45) is -1.31. The van der Waals surface area contributed by atoms with Crippen LogP contribution in [0.25, 0.3) is 0 Å². The van der Waals surface area contributed by atoms with Crippen molar-refractivity contribution >= 4 is 11.8 Å². The summed E-state index contributed by atoms with van der Waals surface area (Å²) >= 11 is 1.58. The molecule has 0 radical (unpaired) electrons. The van der Waals surface area contributed by atoms with Crippen LogP contribution in [0.1, 0.15) is 13.3 Å². The fraction of sp³-hybridized carbons (Fsp3) is 0.500. The number of aliphatic hydroxyl groups is 2. The van der Waals surface area contributed by atoms with E-state index < -0.39 is 12.2 Å². The second-order valence-electron chi connectivity index (χ2n) is 4.00. The van der Waals surface area contributed by atoms with Crippen LogP contribution in [0.3, 0.4) is 0 Å². The molecule has 16 heavy (non-hydrogen) atoms. The van der Waals surface area contributed by atoms with Gasteiger partial charge in [0.05, 0.1) is 12.2 Å². The molecule has 1 aliphatic rings. The molecule has 0 aliphatic carbocycles. The van der Waals surface area contributed by atoms with Crippen LogP contribution in [0, 0.1) is 0 Å². The van der Waals surface area contributed by atoms with Crippen molar-refractivity contribution in [1.82, 2.24) is 0 Å². The van der Waals surface area contributed by atoms with Crippen molar-refractivity contribution in [2.24, 2.45) is 0 Å². The summed E-state index contributed by atoms with van der Waals surface area (Å²) in [5.41, 5.74) is -0.0872. The topological polar surface area (TPSA) is 49.7 Å². The fourth-order valence-electron chi connectivity index (χ4n) is 1.75. The Morgan fingerprint density at radius 3 is 2.56 bits per heavy atom. The summed E-state index contributed by atoms with van der Waals surface area (Å²) < 4.78 is 5.63. The van der Waals surface area contributed by atoms with Crippen LogP contribution in [-0.2, 0) is 4.74 Å². The maximum Gasteiger partial charge on any atom is 0.110 e. The summed E-state index contributed by atoms with van der Waals surface area (Å²) in [4.78, 5) is 1.11. The van der Waals surface area contributed by atoms with Gasteiger partial charge in [0.25, 0.3) is 0 Å². The molecule has 0 bridgehead atoms. The van der Waals surface area contributed by atoms with E-state index in [0.717, 1.165) is 4.90 Å². The van der Waals surface area contributed by atoms with Gasteiger partial charge in [-0.2, -0.15) is 0 Å². The highest BCUT2D eigenvalue weighted by Gasteiger charge is 2.34. The molecule has 1 saturated heterocycles. The predicted octanol–water partition coefficient (Wildman–Crippen LogP) is 1.64. The molecule has 1 fully saturated rings. The lowest BCUT2D eigenvalue weighted by Crippen LogP contribution is -2.45. The molecule has 0 aromatic heterocycles. The number of hydrogen-bond donors (Lipinski definition) is 2. The van der Waals surface area contributed by atoms with Gasteiger partial charge in [-0.15, -0.1) is 0 Å². The molecular formula is C12H16O3S. The van der Waals surface area contributed by atoms with Gasteiger partial charge >= 0.3 is 0 Å². The quantitative estimate of drug-likeness (QED) is 0.825. The Labute approximate surface area is 99.4 Å². The monoisotopic (exact) mass is 240 g/mol. The highest BCUT2D eigenvalue weighted by molar-refractivity contribution is 7.99. The van der Waals surface area contributed by atoms with E-state index >= 15 is 0 Å². The van der Waals surface area contributed by atoms with Crippen LogP contribution in [0.2, 0.25) is 0 Å². The molecule has 88 valence electrons. The molecule has 1 heterocycles. The van der Waals surface area contributed by atoms with Crippen molar-refractivity contribution in [3.63, 3.8) is 0 Å². The second kappa shape index (κ2) is 5.19. The first-order valence-electron chi connectivity index (χ1n) is 5.40. The molecule has 1 aliphatic heterocycles. The summed E-state index contributed by atoms with van der Waals surface area (Å²) in [7, 11) is 0. The van der Waals surface area contributed by atoms with E-state index in [9.17, 15) is 10.2 Å². The molecule has 4 atom stereocenters. The van der Waals surface area contributed by atoms with Crippen molar-refractivity contribution in [3.05, 3.63) is 30.3 Å². The molecule has 4 unspecified atom stereocenters. The van der Waals surface area contributed by atoms with Crippen LogP contribution in [0.4, 0.5) is 0 Å². The van der Waals surface area contributed by atoms with E-state index in [1.807, 2.05) is 30.3 Å². The summed E-state index contributed by atoms with van der Waals surface area (Å²) in [5, 5.41) is 19.2. The molecule has 1 aromatic rings. The number of thioether (sulfide) groups is 1. The zero-order valence-electron chi connectivity index (χ0n) is 9.11. The number of hydrogen-bond acceptors (Lipinski definition) is 4. The van der Waals surface area contributed by atoms with Crippen LogP contribution in [0.5, 0.6) is 0 Å². The summed E-state index contributed by atoms with van der Waals surface area (Å²) in [6, 6.07) is 9.93. The summed E-state index contributed by atoms with van der Waals surface area (Å²) in [6.45, 7) is 1.78. The normalized spacial score (nSPS) is 34.9. The lowest BCUT2D eigenvalue weighted by molar-refractivity contribution is -0.137. The van der Waals surface area contributed by atoms with E-state index in [4.69, 9.17) is 4.74 Å². The van der Waals surface area contributed by atoms with E-state index in [-0.39, 0.29) is 11.5 Å². The fourth-order valence-corrected chi connectivity index (χ4v) is 2.89. The van der Waals surface area contributed by atoms with Crippen molar-refractivity contribution in [1.29, 1.82) is 0 Å². The largest absolute Gasteiger partial charge is 0.390 e. The molecule has 0 spiro atoms. The number of rotatable bonds is 2. The van der Waals surface area contributed by atoms with Crippen molar-refractivity contribution in [3.8, 4) is 0 Å². The Hall–Kier alpha value is -0.550. The number of benzene rings is 1. The van der Waals surface area contributed by atoms with E-state index in [2.05, 4.69) is 0 Å². The molecule has 3 nitrogen and oxygen atoms in total. The van der Waals surface area contributed by atoms with E-state index in [1.54, 1.807) is 18.7 Å². The third-order valence-electron chi connectivity index (χ3n) is 2.69. The number of ether oxygens (including phenoxy) is 1. The number of aliphatic hydroxyl groups excluding tert-OH is 2. The van der Waals surface area contributed by atoms with Gasteiger partial charge in [-0.25, -0.2) is 0 Å². The van der Waals surface area contributed by atoms with Gasteiger partial charge in [0.15, 0.2) is 0 Å². The van der Waals surface area contributed by atoms with Crippen LogP contribution < -0.4 is 0 Å². The van der Waals surface area contributed by atoms with E-state index in [0.29, 0.717) is 6.42 Å². The standard InChI is InChI=1S/C12H16O3S/c1-8-12(14)10(13)7-11(15-8)16-9-5-3-2-4-6-9/h2-6,8,10-14H,7H2,1H3. The lowest BCUT2D eigenvalue weighted by atomic mass is 10.0.